The maximum Gasteiger partial charge on any atom is 0.254 e. The second-order valence-corrected chi connectivity index (χ2v) is 6.87. The summed E-state index contributed by atoms with van der Waals surface area (Å²) in [6.45, 7) is 0.527. The fraction of sp³-hybridized carbons (Fsp3) is 0.214. The number of carbonyl (C=O) groups excluding carboxylic acids is 1. The molecule has 0 bridgehead atoms. The van der Waals surface area contributed by atoms with E-state index in [0.717, 1.165) is 11.5 Å². The molecule has 1 heterocycles. The van der Waals surface area contributed by atoms with Gasteiger partial charge >= 0.3 is 0 Å². The predicted molar refractivity (Wildman–Crippen MR) is 86.9 cm³/mol. The molecule has 1 N–H and O–H groups in total. The van der Waals surface area contributed by atoms with Crippen LogP contribution in [0.15, 0.2) is 39.5 Å². The van der Waals surface area contributed by atoms with Crippen LogP contribution in [0.2, 0.25) is 0 Å². The molecule has 0 atom stereocenters. The standard InChI is InChI=1S/C14H13BrFNOS2/c15-11-1-2-13(16)12(7-11)14(18)17-4-6-20-9-10-3-5-19-8-10/h1-3,5,7-8H,4,6,9H2,(H,17,18). The van der Waals surface area contributed by atoms with Crippen molar-refractivity contribution in [2.75, 3.05) is 12.3 Å². The highest BCUT2D eigenvalue weighted by molar-refractivity contribution is 9.10. The van der Waals surface area contributed by atoms with E-state index < -0.39 is 5.82 Å². The van der Waals surface area contributed by atoms with Gasteiger partial charge in [-0.2, -0.15) is 23.1 Å². The lowest BCUT2D eigenvalue weighted by molar-refractivity contribution is 0.0952. The number of thioether (sulfide) groups is 1. The quantitative estimate of drug-likeness (QED) is 0.764. The fourth-order valence-corrected chi connectivity index (χ4v) is 3.51. The van der Waals surface area contributed by atoms with Crippen molar-refractivity contribution >= 4 is 44.9 Å². The molecule has 0 radical (unpaired) electrons. The van der Waals surface area contributed by atoms with Crippen LogP contribution in [-0.2, 0) is 5.75 Å². The molecule has 1 amide bonds. The van der Waals surface area contributed by atoms with Gasteiger partial charge in [0.1, 0.15) is 5.82 Å². The minimum absolute atomic E-state index is 0.0715. The molecule has 1 aromatic heterocycles. The molecule has 0 aliphatic carbocycles. The Labute approximate surface area is 133 Å². The Morgan fingerprint density at radius 3 is 3.00 bits per heavy atom. The van der Waals surface area contributed by atoms with Gasteiger partial charge in [-0.3, -0.25) is 4.79 Å². The summed E-state index contributed by atoms with van der Waals surface area (Å²) in [5.41, 5.74) is 1.37. The number of amides is 1. The Hall–Kier alpha value is -0.850. The summed E-state index contributed by atoms with van der Waals surface area (Å²) in [4.78, 5) is 11.8. The Morgan fingerprint density at radius 1 is 1.40 bits per heavy atom. The first-order valence-corrected chi connectivity index (χ1v) is 8.88. The number of thiophene rings is 1. The Balaban J connectivity index is 1.73. The summed E-state index contributed by atoms with van der Waals surface area (Å²) in [5, 5.41) is 6.89. The number of hydrogen-bond acceptors (Lipinski definition) is 3. The minimum Gasteiger partial charge on any atom is -0.351 e. The van der Waals surface area contributed by atoms with Crippen molar-refractivity contribution in [2.45, 2.75) is 5.75 Å². The van der Waals surface area contributed by atoms with E-state index >= 15 is 0 Å². The summed E-state index contributed by atoms with van der Waals surface area (Å²) in [6.07, 6.45) is 0. The summed E-state index contributed by atoms with van der Waals surface area (Å²) < 4.78 is 14.2. The van der Waals surface area contributed by atoms with E-state index in [9.17, 15) is 9.18 Å². The maximum absolute atomic E-state index is 13.5. The molecule has 6 heteroatoms. The number of rotatable bonds is 6. The molecule has 0 saturated heterocycles. The average molecular weight is 374 g/mol. The highest BCUT2D eigenvalue weighted by Gasteiger charge is 2.11. The van der Waals surface area contributed by atoms with Gasteiger partial charge in [0.15, 0.2) is 0 Å². The second kappa shape index (κ2) is 7.81. The van der Waals surface area contributed by atoms with Crippen molar-refractivity contribution in [1.82, 2.24) is 5.32 Å². The number of carbonyl (C=O) groups is 1. The first kappa shape index (κ1) is 15.5. The highest BCUT2D eigenvalue weighted by atomic mass is 79.9. The number of benzene rings is 1. The molecular weight excluding hydrogens is 361 g/mol. The molecule has 20 heavy (non-hydrogen) atoms. The van der Waals surface area contributed by atoms with Gasteiger partial charge in [-0.05, 0) is 40.6 Å². The highest BCUT2D eigenvalue weighted by Crippen LogP contribution is 2.16. The molecule has 0 saturated carbocycles. The van der Waals surface area contributed by atoms with Crippen molar-refractivity contribution in [2.24, 2.45) is 0 Å². The topological polar surface area (TPSA) is 29.1 Å². The zero-order chi connectivity index (χ0) is 14.4. The van der Waals surface area contributed by atoms with Crippen LogP contribution < -0.4 is 5.32 Å². The maximum atomic E-state index is 13.5. The van der Waals surface area contributed by atoms with Crippen molar-refractivity contribution in [3.05, 3.63) is 56.4 Å². The third-order valence-corrected chi connectivity index (χ3v) is 4.81. The van der Waals surface area contributed by atoms with Crippen molar-refractivity contribution in [3.8, 4) is 0 Å². The second-order valence-electron chi connectivity index (χ2n) is 4.06. The van der Waals surface area contributed by atoms with Crippen LogP contribution in [0.3, 0.4) is 0 Å². The van der Waals surface area contributed by atoms with Crippen LogP contribution in [0.5, 0.6) is 0 Å². The predicted octanol–water partition coefficient (Wildman–Crippen LogP) is 4.31. The molecule has 0 fully saturated rings. The summed E-state index contributed by atoms with van der Waals surface area (Å²) in [7, 11) is 0. The van der Waals surface area contributed by atoms with Crippen LogP contribution in [0.4, 0.5) is 4.39 Å². The third-order valence-electron chi connectivity index (χ3n) is 2.55. The van der Waals surface area contributed by atoms with E-state index in [1.54, 1.807) is 29.2 Å². The minimum atomic E-state index is -0.503. The molecule has 106 valence electrons. The van der Waals surface area contributed by atoms with Crippen LogP contribution in [0.1, 0.15) is 15.9 Å². The normalized spacial score (nSPS) is 10.5. The van der Waals surface area contributed by atoms with E-state index in [1.807, 2.05) is 5.38 Å². The SMILES string of the molecule is O=C(NCCSCc1ccsc1)c1cc(Br)ccc1F. The molecule has 2 aromatic rings. The van der Waals surface area contributed by atoms with Gasteiger partial charge in [0.05, 0.1) is 5.56 Å². The number of nitrogens with one attached hydrogen (secondary N) is 1. The van der Waals surface area contributed by atoms with Crippen molar-refractivity contribution in [1.29, 1.82) is 0 Å². The monoisotopic (exact) mass is 373 g/mol. The van der Waals surface area contributed by atoms with Gasteiger partial charge in [-0.15, -0.1) is 0 Å². The van der Waals surface area contributed by atoms with Gasteiger partial charge in [0.25, 0.3) is 5.91 Å². The average Bonchev–Trinajstić information content (AvgIpc) is 2.94. The Bertz CT molecular complexity index is 575. The third kappa shape index (κ3) is 4.61. The van der Waals surface area contributed by atoms with Gasteiger partial charge in [0, 0.05) is 22.5 Å². The van der Waals surface area contributed by atoms with Gasteiger partial charge < -0.3 is 5.32 Å². The molecule has 0 aliphatic heterocycles. The molecule has 0 spiro atoms. The zero-order valence-corrected chi connectivity index (χ0v) is 13.8. The van der Waals surface area contributed by atoms with Gasteiger partial charge in [-0.1, -0.05) is 15.9 Å². The van der Waals surface area contributed by atoms with Gasteiger partial charge in [0.2, 0.25) is 0 Å². The summed E-state index contributed by atoms with van der Waals surface area (Å²) in [6, 6.07) is 6.43. The molecule has 2 nitrogen and oxygen atoms in total. The number of halogens is 2. The van der Waals surface area contributed by atoms with E-state index in [4.69, 9.17) is 0 Å². The van der Waals surface area contributed by atoms with E-state index in [1.165, 1.54) is 17.7 Å². The smallest absolute Gasteiger partial charge is 0.254 e. The zero-order valence-electron chi connectivity index (χ0n) is 10.6. The lowest BCUT2D eigenvalue weighted by Gasteiger charge is -2.06. The van der Waals surface area contributed by atoms with Crippen molar-refractivity contribution in [3.63, 3.8) is 0 Å². The Morgan fingerprint density at radius 2 is 2.25 bits per heavy atom. The number of hydrogen-bond donors (Lipinski definition) is 1. The van der Waals surface area contributed by atoms with Crippen molar-refractivity contribution < 1.29 is 9.18 Å². The lowest BCUT2D eigenvalue weighted by atomic mass is 10.2. The Kier molecular flexibility index (Phi) is 6.06. The van der Waals surface area contributed by atoms with Gasteiger partial charge in [-0.25, -0.2) is 4.39 Å². The van der Waals surface area contributed by atoms with Crippen LogP contribution in [0.25, 0.3) is 0 Å². The van der Waals surface area contributed by atoms with Crippen LogP contribution in [-0.4, -0.2) is 18.2 Å². The van der Waals surface area contributed by atoms with Crippen LogP contribution >= 0.6 is 39.0 Å². The first-order valence-electron chi connectivity index (χ1n) is 5.99. The molecule has 1 aromatic carbocycles. The molecular formula is C14H13BrFNOS2. The molecule has 0 aliphatic rings. The van der Waals surface area contributed by atoms with E-state index in [2.05, 4.69) is 32.7 Å². The van der Waals surface area contributed by atoms with E-state index in [0.29, 0.717) is 11.0 Å². The summed E-state index contributed by atoms with van der Waals surface area (Å²) in [5.74, 6) is 0.860. The molecule has 0 unspecified atom stereocenters. The lowest BCUT2D eigenvalue weighted by Crippen LogP contribution is -2.26. The van der Waals surface area contributed by atoms with E-state index in [-0.39, 0.29) is 11.5 Å². The fourth-order valence-electron chi connectivity index (χ4n) is 1.57. The summed E-state index contributed by atoms with van der Waals surface area (Å²) >= 11 is 6.65. The first-order chi connectivity index (χ1) is 9.66. The molecule has 2 rings (SSSR count). The van der Waals surface area contributed by atoms with Crippen LogP contribution in [0, 0.1) is 5.82 Å². The largest absolute Gasteiger partial charge is 0.351 e.